The topological polar surface area (TPSA) is 34.0 Å². The van der Waals surface area contributed by atoms with Crippen LogP contribution in [0.1, 0.15) is 13.8 Å². The van der Waals surface area contributed by atoms with Gasteiger partial charge in [-0.2, -0.15) is 0 Å². The predicted molar refractivity (Wildman–Crippen MR) is 44.6 cm³/mol. The Hall–Kier alpha value is -1.06. The Kier molecular flexibility index (Phi) is 2.46. The van der Waals surface area contributed by atoms with Crippen molar-refractivity contribution in [2.45, 2.75) is 13.8 Å². The zero-order valence-corrected chi connectivity index (χ0v) is 7.28. The van der Waals surface area contributed by atoms with Gasteiger partial charge in [-0.25, -0.2) is 4.98 Å². The van der Waals surface area contributed by atoms with E-state index in [1.807, 2.05) is 7.05 Å². The number of nitrogens with zero attached hydrogens (tertiary/aromatic N) is 4. The minimum atomic E-state index is 0.817. The lowest BCUT2D eigenvalue weighted by atomic mass is 10.5. The normalized spacial score (nSPS) is 10.1. The molecule has 0 N–H and O–H groups in total. The van der Waals surface area contributed by atoms with Crippen LogP contribution in [0.2, 0.25) is 0 Å². The summed E-state index contributed by atoms with van der Waals surface area (Å²) in [6.07, 6.45) is 1.72. The minimum Gasteiger partial charge on any atom is -0.340 e. The Bertz CT molecular complexity index is 214. The number of hydrogen-bond donors (Lipinski definition) is 0. The standard InChI is InChI=1S/C7H14N4/c1-4-11(5-2)7-8-6-10(3)9-7/h6H,4-5H2,1-3H3. The summed E-state index contributed by atoms with van der Waals surface area (Å²) < 4.78 is 1.72. The molecule has 0 atom stereocenters. The van der Waals surface area contributed by atoms with Crippen molar-refractivity contribution in [2.75, 3.05) is 18.0 Å². The Morgan fingerprint density at radius 2 is 2.09 bits per heavy atom. The maximum Gasteiger partial charge on any atom is 0.244 e. The first-order valence-corrected chi connectivity index (χ1v) is 3.88. The van der Waals surface area contributed by atoms with E-state index in [-0.39, 0.29) is 0 Å². The number of hydrogen-bond acceptors (Lipinski definition) is 3. The van der Waals surface area contributed by atoms with Crippen molar-refractivity contribution < 1.29 is 0 Å². The lowest BCUT2D eigenvalue weighted by Gasteiger charge is -2.15. The summed E-state index contributed by atoms with van der Waals surface area (Å²) >= 11 is 0. The highest BCUT2D eigenvalue weighted by molar-refractivity contribution is 5.26. The summed E-state index contributed by atoms with van der Waals surface area (Å²) in [7, 11) is 1.88. The van der Waals surface area contributed by atoms with Gasteiger partial charge in [-0.15, -0.1) is 5.10 Å². The van der Waals surface area contributed by atoms with Gasteiger partial charge in [-0.1, -0.05) is 0 Å². The van der Waals surface area contributed by atoms with Crippen LogP contribution in [-0.4, -0.2) is 27.9 Å². The molecule has 0 aliphatic rings. The first-order valence-electron chi connectivity index (χ1n) is 3.88. The van der Waals surface area contributed by atoms with E-state index in [9.17, 15) is 0 Å². The summed E-state index contributed by atoms with van der Waals surface area (Å²) in [5, 5.41) is 4.18. The Labute approximate surface area is 66.8 Å². The molecule has 0 radical (unpaired) electrons. The van der Waals surface area contributed by atoms with Crippen LogP contribution in [0.15, 0.2) is 6.33 Å². The van der Waals surface area contributed by atoms with Crippen LogP contribution in [-0.2, 0) is 7.05 Å². The van der Waals surface area contributed by atoms with E-state index in [2.05, 4.69) is 28.8 Å². The van der Waals surface area contributed by atoms with Crippen molar-refractivity contribution in [1.82, 2.24) is 14.8 Å². The quantitative estimate of drug-likeness (QED) is 0.641. The maximum absolute atomic E-state index is 4.18. The lowest BCUT2D eigenvalue weighted by Crippen LogP contribution is -2.23. The van der Waals surface area contributed by atoms with Crippen LogP contribution in [0.4, 0.5) is 5.95 Å². The van der Waals surface area contributed by atoms with Gasteiger partial charge in [0.05, 0.1) is 0 Å². The highest BCUT2D eigenvalue weighted by atomic mass is 15.4. The summed E-state index contributed by atoms with van der Waals surface area (Å²) in [6, 6.07) is 0. The van der Waals surface area contributed by atoms with Gasteiger partial charge >= 0.3 is 0 Å². The van der Waals surface area contributed by atoms with Crippen LogP contribution in [0.25, 0.3) is 0 Å². The zero-order valence-electron chi connectivity index (χ0n) is 7.28. The second kappa shape index (κ2) is 3.37. The fourth-order valence-electron chi connectivity index (χ4n) is 0.979. The summed E-state index contributed by atoms with van der Waals surface area (Å²) in [5.41, 5.74) is 0. The molecule has 0 spiro atoms. The smallest absolute Gasteiger partial charge is 0.244 e. The molecule has 0 amide bonds. The molecule has 0 aliphatic heterocycles. The average Bonchev–Trinajstić information content (AvgIpc) is 2.39. The van der Waals surface area contributed by atoms with Gasteiger partial charge in [0.15, 0.2) is 0 Å². The van der Waals surface area contributed by atoms with E-state index < -0.39 is 0 Å². The highest BCUT2D eigenvalue weighted by Crippen LogP contribution is 2.03. The Morgan fingerprint density at radius 1 is 1.45 bits per heavy atom. The third-order valence-corrected chi connectivity index (χ3v) is 1.63. The van der Waals surface area contributed by atoms with Gasteiger partial charge in [0.25, 0.3) is 0 Å². The maximum atomic E-state index is 4.18. The van der Waals surface area contributed by atoms with E-state index in [0.717, 1.165) is 19.0 Å². The Balaban J connectivity index is 2.73. The molecular weight excluding hydrogens is 140 g/mol. The third-order valence-electron chi connectivity index (χ3n) is 1.63. The number of aromatic nitrogens is 3. The first-order chi connectivity index (χ1) is 5.27. The fourth-order valence-corrected chi connectivity index (χ4v) is 0.979. The van der Waals surface area contributed by atoms with Crippen molar-refractivity contribution in [2.24, 2.45) is 7.05 Å². The lowest BCUT2D eigenvalue weighted by molar-refractivity contribution is 0.744. The van der Waals surface area contributed by atoms with Gasteiger partial charge in [-0.3, -0.25) is 4.68 Å². The SMILES string of the molecule is CCN(CC)c1ncn(C)n1. The molecule has 4 heteroatoms. The monoisotopic (exact) mass is 154 g/mol. The molecule has 11 heavy (non-hydrogen) atoms. The van der Waals surface area contributed by atoms with Gasteiger partial charge in [-0.05, 0) is 13.8 Å². The van der Waals surface area contributed by atoms with Crippen molar-refractivity contribution in [1.29, 1.82) is 0 Å². The zero-order chi connectivity index (χ0) is 8.27. The molecule has 0 unspecified atom stereocenters. The van der Waals surface area contributed by atoms with E-state index in [4.69, 9.17) is 0 Å². The van der Waals surface area contributed by atoms with E-state index >= 15 is 0 Å². The molecule has 0 bridgehead atoms. The first kappa shape index (κ1) is 8.04. The van der Waals surface area contributed by atoms with Gasteiger partial charge in [0, 0.05) is 20.1 Å². The van der Waals surface area contributed by atoms with Crippen LogP contribution >= 0.6 is 0 Å². The summed E-state index contributed by atoms with van der Waals surface area (Å²) in [5.74, 6) is 0.817. The minimum absolute atomic E-state index is 0.817. The molecule has 1 aromatic heterocycles. The third kappa shape index (κ3) is 1.69. The molecule has 4 nitrogen and oxygen atoms in total. The predicted octanol–water partition coefficient (Wildman–Crippen LogP) is 0.661. The van der Waals surface area contributed by atoms with E-state index in [0.29, 0.717) is 0 Å². The molecule has 1 aromatic rings. The molecule has 0 fully saturated rings. The molecule has 0 aliphatic carbocycles. The molecule has 1 rings (SSSR count). The van der Waals surface area contributed by atoms with Gasteiger partial charge in [0.2, 0.25) is 5.95 Å². The largest absolute Gasteiger partial charge is 0.340 e. The van der Waals surface area contributed by atoms with Gasteiger partial charge < -0.3 is 4.90 Å². The second-order valence-electron chi connectivity index (χ2n) is 2.39. The number of rotatable bonds is 3. The van der Waals surface area contributed by atoms with Gasteiger partial charge in [0.1, 0.15) is 6.33 Å². The molecule has 0 aromatic carbocycles. The molecule has 0 saturated carbocycles. The second-order valence-corrected chi connectivity index (χ2v) is 2.39. The van der Waals surface area contributed by atoms with Crippen molar-refractivity contribution in [3.63, 3.8) is 0 Å². The number of anilines is 1. The summed E-state index contributed by atoms with van der Waals surface area (Å²) in [4.78, 5) is 6.25. The average molecular weight is 154 g/mol. The van der Waals surface area contributed by atoms with Crippen molar-refractivity contribution >= 4 is 5.95 Å². The van der Waals surface area contributed by atoms with E-state index in [1.54, 1.807) is 11.0 Å². The van der Waals surface area contributed by atoms with Crippen molar-refractivity contribution in [3.8, 4) is 0 Å². The molecular formula is C7H14N4. The highest BCUT2D eigenvalue weighted by Gasteiger charge is 2.04. The molecule has 1 heterocycles. The fraction of sp³-hybridized carbons (Fsp3) is 0.714. The van der Waals surface area contributed by atoms with Crippen LogP contribution in [0.3, 0.4) is 0 Å². The molecule has 62 valence electrons. The number of aryl methyl sites for hydroxylation is 1. The Morgan fingerprint density at radius 3 is 2.45 bits per heavy atom. The summed E-state index contributed by atoms with van der Waals surface area (Å²) in [6.45, 7) is 6.11. The van der Waals surface area contributed by atoms with Crippen LogP contribution in [0, 0.1) is 0 Å². The van der Waals surface area contributed by atoms with E-state index in [1.165, 1.54) is 0 Å². The van der Waals surface area contributed by atoms with Crippen molar-refractivity contribution in [3.05, 3.63) is 6.33 Å². The molecule has 0 saturated heterocycles. The van der Waals surface area contributed by atoms with Crippen LogP contribution in [0.5, 0.6) is 0 Å². The van der Waals surface area contributed by atoms with Crippen LogP contribution < -0.4 is 4.90 Å².